The van der Waals surface area contributed by atoms with Crippen molar-refractivity contribution in [2.45, 2.75) is 25.6 Å². The standard InChI is InChI=1S/2C3H4F3NOS/c2*4-1(5)2(6)8-3(7)9/h2*1-2H,(H2,7,9). The van der Waals surface area contributed by atoms with Crippen LogP contribution in [-0.2, 0) is 9.47 Å². The molecule has 0 fully saturated rings. The Morgan fingerprint density at radius 3 is 1.00 bits per heavy atom. The van der Waals surface area contributed by atoms with Crippen molar-refractivity contribution in [2.24, 2.45) is 11.5 Å². The highest BCUT2D eigenvalue weighted by Gasteiger charge is 2.21. The van der Waals surface area contributed by atoms with Crippen molar-refractivity contribution >= 4 is 34.8 Å². The summed E-state index contributed by atoms with van der Waals surface area (Å²) < 4.78 is 75.2. The molecule has 0 saturated heterocycles. The normalized spacial score (nSPS) is 13.3. The Morgan fingerprint density at radius 1 is 0.722 bits per heavy atom. The number of thiocarbonyl (C=S) groups is 2. The SMILES string of the molecule is NC(=S)OC(F)C(F)F.NC(=S)OC(F)C(F)F. The second-order valence-electron chi connectivity index (χ2n) is 2.24. The maximum absolute atomic E-state index is 11.6. The maximum Gasteiger partial charge on any atom is 0.304 e. The summed E-state index contributed by atoms with van der Waals surface area (Å²) in [5.41, 5.74) is 9.13. The van der Waals surface area contributed by atoms with Gasteiger partial charge in [-0.15, -0.1) is 0 Å². The van der Waals surface area contributed by atoms with Gasteiger partial charge in [-0.2, -0.15) is 8.78 Å². The molecule has 12 heteroatoms. The largest absolute Gasteiger partial charge is 0.430 e. The van der Waals surface area contributed by atoms with E-state index < -0.39 is 35.9 Å². The number of alkyl halides is 6. The van der Waals surface area contributed by atoms with Crippen molar-refractivity contribution in [3.05, 3.63) is 0 Å². The number of rotatable bonds is 4. The quantitative estimate of drug-likeness (QED) is 0.606. The van der Waals surface area contributed by atoms with E-state index >= 15 is 0 Å². The summed E-state index contributed by atoms with van der Waals surface area (Å²) in [4.78, 5) is 0. The molecule has 0 heterocycles. The molecule has 2 unspecified atom stereocenters. The molecule has 4 nitrogen and oxygen atoms in total. The summed E-state index contributed by atoms with van der Waals surface area (Å²) in [6.45, 7) is 0. The highest BCUT2D eigenvalue weighted by molar-refractivity contribution is 7.80. The fourth-order valence-corrected chi connectivity index (χ4v) is 0.509. The molecular formula is C6H8F6N2O2S2. The smallest absolute Gasteiger partial charge is 0.304 e. The molecule has 0 aliphatic rings. The molecule has 0 aliphatic heterocycles. The monoisotopic (exact) mass is 318 g/mol. The lowest BCUT2D eigenvalue weighted by atomic mass is 10.7. The average molecular weight is 318 g/mol. The van der Waals surface area contributed by atoms with Gasteiger partial charge in [0.25, 0.3) is 10.3 Å². The number of hydrogen-bond donors (Lipinski definition) is 2. The third-order valence-corrected chi connectivity index (χ3v) is 1.05. The Labute approximate surface area is 108 Å². The minimum Gasteiger partial charge on any atom is -0.430 e. The Morgan fingerprint density at radius 2 is 0.944 bits per heavy atom. The molecule has 0 aliphatic carbocycles. The number of halogens is 6. The molecular weight excluding hydrogens is 310 g/mol. The average Bonchev–Trinajstić information content (AvgIpc) is 2.16. The lowest BCUT2D eigenvalue weighted by Gasteiger charge is -2.06. The predicted molar refractivity (Wildman–Crippen MR) is 57.5 cm³/mol. The first-order chi connectivity index (χ1) is 8.07. The number of nitrogens with two attached hydrogens (primary N) is 2. The molecule has 0 amide bonds. The molecule has 0 aromatic heterocycles. The van der Waals surface area contributed by atoms with Crippen LogP contribution >= 0.6 is 24.4 Å². The van der Waals surface area contributed by atoms with Crippen LogP contribution in [0.25, 0.3) is 0 Å². The summed E-state index contributed by atoms with van der Waals surface area (Å²) in [5, 5.41) is -1.44. The van der Waals surface area contributed by atoms with Crippen molar-refractivity contribution in [3.63, 3.8) is 0 Å². The fraction of sp³-hybridized carbons (Fsp3) is 0.667. The second-order valence-corrected chi connectivity index (χ2v) is 3.05. The van der Waals surface area contributed by atoms with Crippen LogP contribution in [0.2, 0.25) is 0 Å². The lowest BCUT2D eigenvalue weighted by molar-refractivity contribution is -0.0736. The second kappa shape index (κ2) is 9.94. The first-order valence-corrected chi connectivity index (χ1v) is 4.66. The Kier molecular flexibility index (Phi) is 10.7. The molecule has 0 bridgehead atoms. The van der Waals surface area contributed by atoms with Crippen molar-refractivity contribution in [1.29, 1.82) is 0 Å². The lowest BCUT2D eigenvalue weighted by Crippen LogP contribution is -2.24. The first-order valence-electron chi connectivity index (χ1n) is 3.84. The zero-order chi connectivity index (χ0) is 14.9. The first kappa shape index (κ1) is 19.3. The minimum absolute atomic E-state index is 0.720. The van der Waals surface area contributed by atoms with Crippen LogP contribution in [0.15, 0.2) is 0 Å². The predicted octanol–water partition coefficient (Wildman–Crippen LogP) is 1.61. The van der Waals surface area contributed by atoms with E-state index in [9.17, 15) is 26.3 Å². The summed E-state index contributed by atoms with van der Waals surface area (Å²) >= 11 is 7.95. The van der Waals surface area contributed by atoms with Crippen LogP contribution < -0.4 is 11.5 Å². The van der Waals surface area contributed by atoms with Crippen molar-refractivity contribution in [2.75, 3.05) is 0 Å². The van der Waals surface area contributed by atoms with E-state index in [1.54, 1.807) is 0 Å². The van der Waals surface area contributed by atoms with E-state index in [0.29, 0.717) is 0 Å². The molecule has 0 aromatic carbocycles. The van der Waals surface area contributed by atoms with Gasteiger partial charge in [-0.3, -0.25) is 0 Å². The number of hydrogen-bond acceptors (Lipinski definition) is 4. The highest BCUT2D eigenvalue weighted by Crippen LogP contribution is 2.06. The summed E-state index contributed by atoms with van der Waals surface area (Å²) in [6.07, 6.45) is -11.8. The molecule has 4 N–H and O–H groups in total. The molecule has 0 radical (unpaired) electrons. The van der Waals surface area contributed by atoms with Gasteiger partial charge in [0.05, 0.1) is 0 Å². The summed E-state index contributed by atoms with van der Waals surface area (Å²) in [5.74, 6) is 0. The summed E-state index contributed by atoms with van der Waals surface area (Å²) in [6, 6.07) is 0. The van der Waals surface area contributed by atoms with Crippen molar-refractivity contribution in [3.8, 4) is 0 Å². The minimum atomic E-state index is -3.20. The van der Waals surface area contributed by atoms with Crippen LogP contribution in [0, 0.1) is 0 Å². The van der Waals surface area contributed by atoms with Gasteiger partial charge in [-0.1, -0.05) is 0 Å². The Hall–Kier alpha value is -1.04. The van der Waals surface area contributed by atoms with Crippen molar-refractivity contribution < 1.29 is 35.8 Å². The van der Waals surface area contributed by atoms with Gasteiger partial charge < -0.3 is 20.9 Å². The molecule has 18 heavy (non-hydrogen) atoms. The van der Waals surface area contributed by atoms with E-state index in [-0.39, 0.29) is 0 Å². The van der Waals surface area contributed by atoms with Crippen LogP contribution in [0.1, 0.15) is 0 Å². The van der Waals surface area contributed by atoms with Gasteiger partial charge in [0, 0.05) is 0 Å². The van der Waals surface area contributed by atoms with Gasteiger partial charge in [-0.25, -0.2) is 17.6 Å². The molecule has 0 saturated carbocycles. The van der Waals surface area contributed by atoms with Gasteiger partial charge in [0.15, 0.2) is 0 Å². The molecule has 0 rings (SSSR count). The Balaban J connectivity index is 0. The highest BCUT2D eigenvalue weighted by atomic mass is 32.1. The van der Waals surface area contributed by atoms with E-state index in [1.807, 2.05) is 0 Å². The summed E-state index contributed by atoms with van der Waals surface area (Å²) in [7, 11) is 0. The van der Waals surface area contributed by atoms with Crippen LogP contribution in [0.5, 0.6) is 0 Å². The van der Waals surface area contributed by atoms with E-state index in [0.717, 1.165) is 0 Å². The third-order valence-electron chi connectivity index (χ3n) is 0.854. The van der Waals surface area contributed by atoms with Crippen molar-refractivity contribution in [1.82, 2.24) is 0 Å². The van der Waals surface area contributed by atoms with Gasteiger partial charge in [0.2, 0.25) is 0 Å². The van der Waals surface area contributed by atoms with Gasteiger partial charge in [0.1, 0.15) is 0 Å². The van der Waals surface area contributed by atoms with E-state index in [4.69, 9.17) is 0 Å². The van der Waals surface area contributed by atoms with Gasteiger partial charge >= 0.3 is 25.6 Å². The molecule has 2 atom stereocenters. The van der Waals surface area contributed by atoms with E-state index in [1.165, 1.54) is 0 Å². The van der Waals surface area contributed by atoms with Gasteiger partial charge in [-0.05, 0) is 24.4 Å². The molecule has 0 aromatic rings. The fourth-order valence-electron chi connectivity index (χ4n) is 0.325. The molecule has 0 spiro atoms. The Bertz CT molecular complexity index is 244. The maximum atomic E-state index is 11.6. The van der Waals surface area contributed by atoms with Crippen LogP contribution in [0.4, 0.5) is 26.3 Å². The van der Waals surface area contributed by atoms with E-state index in [2.05, 4.69) is 45.4 Å². The van der Waals surface area contributed by atoms with Crippen LogP contribution in [0.3, 0.4) is 0 Å². The third kappa shape index (κ3) is 13.0. The molecule has 108 valence electrons. The topological polar surface area (TPSA) is 70.5 Å². The zero-order valence-corrected chi connectivity index (χ0v) is 10.00. The zero-order valence-electron chi connectivity index (χ0n) is 8.36. The van der Waals surface area contributed by atoms with Crippen LogP contribution in [-0.4, -0.2) is 35.9 Å². The number of ether oxygens (including phenoxy) is 2.